The van der Waals surface area contributed by atoms with Crippen LogP contribution in [0.3, 0.4) is 0 Å². The van der Waals surface area contributed by atoms with Crippen molar-refractivity contribution < 1.29 is 4.74 Å². The Balaban J connectivity index is 1.71. The van der Waals surface area contributed by atoms with E-state index in [-0.39, 0.29) is 0 Å². The second kappa shape index (κ2) is 6.36. The van der Waals surface area contributed by atoms with Crippen molar-refractivity contribution in [2.75, 3.05) is 19.8 Å². The van der Waals surface area contributed by atoms with Gasteiger partial charge in [0.15, 0.2) is 0 Å². The normalized spacial score (nSPS) is 17.9. The van der Waals surface area contributed by atoms with Crippen LogP contribution in [0.2, 0.25) is 4.34 Å². The summed E-state index contributed by atoms with van der Waals surface area (Å²) in [5.74, 6) is 0.771. The van der Waals surface area contributed by atoms with E-state index < -0.39 is 0 Å². The molecule has 2 nitrogen and oxygen atoms in total. The first-order valence-electron chi connectivity index (χ1n) is 5.48. The number of rotatable bonds is 4. The molecule has 0 aromatic carbocycles. The van der Waals surface area contributed by atoms with Gasteiger partial charge in [0.25, 0.3) is 0 Å². The van der Waals surface area contributed by atoms with Gasteiger partial charge in [-0.3, -0.25) is 0 Å². The molecule has 1 saturated heterocycles. The lowest BCUT2D eigenvalue weighted by Gasteiger charge is -2.22. The highest BCUT2D eigenvalue weighted by Crippen LogP contribution is 2.31. The van der Waals surface area contributed by atoms with Crippen LogP contribution in [-0.2, 0) is 11.3 Å². The second-order valence-electron chi connectivity index (χ2n) is 4.02. The van der Waals surface area contributed by atoms with E-state index >= 15 is 0 Å². The van der Waals surface area contributed by atoms with Crippen LogP contribution in [0.5, 0.6) is 0 Å². The van der Waals surface area contributed by atoms with Gasteiger partial charge in [-0.2, -0.15) is 0 Å². The van der Waals surface area contributed by atoms with Crippen LogP contribution in [0.25, 0.3) is 0 Å². The zero-order valence-electron chi connectivity index (χ0n) is 8.97. The van der Waals surface area contributed by atoms with Crippen molar-refractivity contribution in [1.29, 1.82) is 0 Å². The molecule has 0 bridgehead atoms. The predicted molar refractivity (Wildman–Crippen MR) is 72.3 cm³/mol. The Labute approximate surface area is 113 Å². The van der Waals surface area contributed by atoms with Gasteiger partial charge in [-0.25, -0.2) is 0 Å². The molecule has 0 radical (unpaired) electrons. The minimum Gasteiger partial charge on any atom is -0.381 e. The lowest BCUT2D eigenvalue weighted by molar-refractivity contribution is 0.0662. The molecule has 0 aliphatic carbocycles. The molecular weight excluding hydrogens is 310 g/mol. The van der Waals surface area contributed by atoms with Gasteiger partial charge in [-0.15, -0.1) is 11.3 Å². The third-order valence-electron chi connectivity index (χ3n) is 2.77. The van der Waals surface area contributed by atoms with E-state index in [0.29, 0.717) is 0 Å². The van der Waals surface area contributed by atoms with Crippen molar-refractivity contribution in [2.24, 2.45) is 5.92 Å². The Morgan fingerprint density at radius 1 is 1.50 bits per heavy atom. The number of nitrogens with one attached hydrogen (secondary N) is 1. The minimum absolute atomic E-state index is 0.771. The van der Waals surface area contributed by atoms with Crippen LogP contribution in [-0.4, -0.2) is 19.8 Å². The largest absolute Gasteiger partial charge is 0.381 e. The zero-order chi connectivity index (χ0) is 11.4. The van der Waals surface area contributed by atoms with Gasteiger partial charge in [0.2, 0.25) is 0 Å². The first-order valence-corrected chi connectivity index (χ1v) is 7.46. The molecule has 5 heteroatoms. The molecule has 1 N–H and O–H groups in total. The molecule has 1 aliphatic heterocycles. The lowest BCUT2D eigenvalue weighted by atomic mass is 10.0. The Morgan fingerprint density at radius 2 is 2.25 bits per heavy atom. The first-order chi connectivity index (χ1) is 7.75. The highest BCUT2D eigenvalue weighted by Gasteiger charge is 2.13. The standard InChI is InChI=1S/C11H15BrClNOS/c12-10-5-9(16-11(10)13)7-14-6-8-1-3-15-4-2-8/h5,8,14H,1-4,6-7H2. The van der Waals surface area contributed by atoms with Crippen LogP contribution in [0.1, 0.15) is 17.7 Å². The molecule has 0 atom stereocenters. The summed E-state index contributed by atoms with van der Waals surface area (Å²) in [5.41, 5.74) is 0. The third-order valence-corrected chi connectivity index (χ3v) is 5.24. The van der Waals surface area contributed by atoms with Gasteiger partial charge in [0, 0.05) is 29.1 Å². The molecule has 1 aromatic heterocycles. The molecule has 1 aliphatic rings. The number of ether oxygens (including phenoxy) is 1. The van der Waals surface area contributed by atoms with Gasteiger partial charge in [0.1, 0.15) is 4.34 Å². The highest BCUT2D eigenvalue weighted by atomic mass is 79.9. The lowest BCUT2D eigenvalue weighted by Crippen LogP contribution is -2.27. The average molecular weight is 325 g/mol. The fourth-order valence-electron chi connectivity index (χ4n) is 1.83. The smallest absolute Gasteiger partial charge is 0.107 e. The Hall–Kier alpha value is 0.390. The van der Waals surface area contributed by atoms with Crippen molar-refractivity contribution in [3.8, 4) is 0 Å². The zero-order valence-corrected chi connectivity index (χ0v) is 12.1. The maximum atomic E-state index is 5.98. The van der Waals surface area contributed by atoms with Crippen LogP contribution in [0.15, 0.2) is 10.5 Å². The fraction of sp³-hybridized carbons (Fsp3) is 0.636. The van der Waals surface area contributed by atoms with E-state index in [4.69, 9.17) is 16.3 Å². The van der Waals surface area contributed by atoms with Crippen molar-refractivity contribution >= 4 is 38.9 Å². The van der Waals surface area contributed by atoms with Crippen LogP contribution in [0.4, 0.5) is 0 Å². The maximum Gasteiger partial charge on any atom is 0.107 e. The van der Waals surface area contributed by atoms with E-state index in [2.05, 4.69) is 27.3 Å². The summed E-state index contributed by atoms with van der Waals surface area (Å²) in [6.07, 6.45) is 2.36. The van der Waals surface area contributed by atoms with Crippen molar-refractivity contribution in [2.45, 2.75) is 19.4 Å². The number of hydrogen-bond donors (Lipinski definition) is 1. The molecule has 1 fully saturated rings. The van der Waals surface area contributed by atoms with Crippen LogP contribution in [0, 0.1) is 5.92 Å². The highest BCUT2D eigenvalue weighted by molar-refractivity contribution is 9.10. The van der Waals surface area contributed by atoms with Crippen molar-refractivity contribution in [3.05, 3.63) is 19.8 Å². The first kappa shape index (κ1) is 12.8. The quantitative estimate of drug-likeness (QED) is 0.912. The molecule has 2 heterocycles. The maximum absolute atomic E-state index is 5.98. The average Bonchev–Trinajstić information content (AvgIpc) is 2.60. The van der Waals surface area contributed by atoms with Crippen molar-refractivity contribution in [3.63, 3.8) is 0 Å². The summed E-state index contributed by atoms with van der Waals surface area (Å²) in [4.78, 5) is 1.28. The van der Waals surface area contributed by atoms with E-state index in [9.17, 15) is 0 Å². The Kier molecular flexibility index (Phi) is 5.10. The summed E-state index contributed by atoms with van der Waals surface area (Å²) < 4.78 is 7.17. The SMILES string of the molecule is Clc1sc(CNCC2CCOCC2)cc1Br. The van der Waals surface area contributed by atoms with E-state index in [1.165, 1.54) is 17.7 Å². The molecule has 90 valence electrons. The Morgan fingerprint density at radius 3 is 2.88 bits per heavy atom. The van der Waals surface area contributed by atoms with Gasteiger partial charge >= 0.3 is 0 Å². The van der Waals surface area contributed by atoms with Crippen molar-refractivity contribution in [1.82, 2.24) is 5.32 Å². The molecule has 16 heavy (non-hydrogen) atoms. The molecule has 0 amide bonds. The minimum atomic E-state index is 0.771. The molecule has 1 aromatic rings. The van der Waals surface area contributed by atoms with Crippen LogP contribution < -0.4 is 5.32 Å². The van der Waals surface area contributed by atoms with Gasteiger partial charge in [-0.1, -0.05) is 11.6 Å². The number of halogens is 2. The topological polar surface area (TPSA) is 21.3 Å². The molecular formula is C11H15BrClNOS. The summed E-state index contributed by atoms with van der Waals surface area (Å²) >= 11 is 11.0. The molecule has 0 unspecified atom stereocenters. The van der Waals surface area contributed by atoms with E-state index in [1.807, 2.05) is 0 Å². The molecule has 0 spiro atoms. The molecule has 2 rings (SSSR count). The summed E-state index contributed by atoms with van der Waals surface area (Å²) in [5, 5.41) is 3.49. The predicted octanol–water partition coefficient (Wildman–Crippen LogP) is 3.68. The summed E-state index contributed by atoms with van der Waals surface area (Å²) in [6.45, 7) is 3.83. The second-order valence-corrected chi connectivity index (χ2v) is 6.61. The Bertz CT molecular complexity index is 319. The van der Waals surface area contributed by atoms with Gasteiger partial charge in [0.05, 0.1) is 0 Å². The fourth-order valence-corrected chi connectivity index (χ4v) is 3.59. The number of hydrogen-bond acceptors (Lipinski definition) is 3. The van der Waals surface area contributed by atoms with E-state index in [1.54, 1.807) is 11.3 Å². The summed E-state index contributed by atoms with van der Waals surface area (Å²) in [7, 11) is 0. The summed E-state index contributed by atoms with van der Waals surface area (Å²) in [6, 6.07) is 2.09. The number of thiophene rings is 1. The third kappa shape index (κ3) is 3.70. The monoisotopic (exact) mass is 323 g/mol. The van der Waals surface area contributed by atoms with Gasteiger partial charge < -0.3 is 10.1 Å². The van der Waals surface area contributed by atoms with Crippen LogP contribution >= 0.6 is 38.9 Å². The van der Waals surface area contributed by atoms with E-state index in [0.717, 1.165) is 41.0 Å². The molecule has 0 saturated carbocycles. The van der Waals surface area contributed by atoms with Gasteiger partial charge in [-0.05, 0) is 47.3 Å².